The highest BCUT2D eigenvalue weighted by atomic mass is 35.5. The van der Waals surface area contributed by atoms with Crippen molar-refractivity contribution in [3.05, 3.63) is 77.3 Å². The van der Waals surface area contributed by atoms with Crippen LogP contribution in [0.15, 0.2) is 61.2 Å². The lowest BCUT2D eigenvalue weighted by molar-refractivity contribution is -0.0979. The van der Waals surface area contributed by atoms with Crippen molar-refractivity contribution in [3.8, 4) is 5.82 Å². The number of pyridine rings is 2. The molecule has 0 amide bonds. The molecule has 182 valence electrons. The first-order chi connectivity index (χ1) is 16.2. The molecule has 0 aliphatic heterocycles. The number of carbonyl (C=O) groups excluding carboxylic acids is 1. The third-order valence-electron chi connectivity index (χ3n) is 4.55. The smallest absolute Gasteiger partial charge is 0.165 e. The van der Waals surface area contributed by atoms with Crippen molar-refractivity contribution >= 4 is 35.2 Å². The molecule has 7 nitrogen and oxygen atoms in total. The van der Waals surface area contributed by atoms with Gasteiger partial charge in [-0.2, -0.15) is 0 Å². The van der Waals surface area contributed by atoms with E-state index in [2.05, 4.69) is 77.0 Å². The third kappa shape index (κ3) is 8.24. The van der Waals surface area contributed by atoms with Gasteiger partial charge in [-0.15, -0.1) is 0 Å². The van der Waals surface area contributed by atoms with E-state index < -0.39 is 0 Å². The van der Waals surface area contributed by atoms with Crippen molar-refractivity contribution in [1.82, 2.24) is 19.5 Å². The van der Waals surface area contributed by atoms with E-state index in [1.54, 1.807) is 32.9 Å². The average molecular weight is 484 g/mol. The number of nitrogens with zero attached hydrogens (tertiary/aromatic N) is 4. The maximum absolute atomic E-state index is 8.00. The van der Waals surface area contributed by atoms with Gasteiger partial charge in [-0.3, -0.25) is 4.57 Å². The largest absolute Gasteiger partial charge is 0.388 e. The van der Waals surface area contributed by atoms with E-state index in [0.29, 0.717) is 5.02 Å². The lowest BCUT2D eigenvalue weighted by atomic mass is 9.87. The Hall–Kier alpha value is -3.29. The van der Waals surface area contributed by atoms with Gasteiger partial charge in [-0.05, 0) is 36.1 Å². The fourth-order valence-electron chi connectivity index (χ4n) is 2.87. The van der Waals surface area contributed by atoms with Crippen LogP contribution in [0.1, 0.15) is 31.9 Å². The Morgan fingerprint density at radius 2 is 1.65 bits per heavy atom. The zero-order valence-electron chi connectivity index (χ0n) is 21.0. The summed E-state index contributed by atoms with van der Waals surface area (Å²) in [5.74, 6) is 0.725. The molecule has 3 aromatic heterocycles. The molecular formula is C26H34ClN5O2. The number of aromatic nitrogens is 4. The molecule has 0 saturated heterocycles. The molecule has 0 unspecified atom stereocenters. The quantitative estimate of drug-likeness (QED) is 0.383. The first-order valence-electron chi connectivity index (χ1n) is 10.6. The molecule has 3 heterocycles. The molecule has 0 bridgehead atoms. The van der Waals surface area contributed by atoms with E-state index in [9.17, 15) is 0 Å². The van der Waals surface area contributed by atoms with Crippen molar-refractivity contribution in [1.29, 1.82) is 0 Å². The molecule has 8 heteroatoms. The van der Waals surface area contributed by atoms with E-state index in [4.69, 9.17) is 16.4 Å². The van der Waals surface area contributed by atoms with E-state index in [0.717, 1.165) is 22.7 Å². The highest BCUT2D eigenvalue weighted by Crippen LogP contribution is 2.24. The molecule has 0 spiro atoms. The molecule has 1 N–H and O–H groups in total. The monoisotopic (exact) mass is 483 g/mol. The highest BCUT2D eigenvalue weighted by Gasteiger charge is 2.12. The van der Waals surface area contributed by atoms with E-state index in [1.807, 2.05) is 36.6 Å². The van der Waals surface area contributed by atoms with Gasteiger partial charge in [-0.25, -0.2) is 15.0 Å². The first kappa shape index (κ1) is 28.7. The second kappa shape index (κ2) is 14.1. The lowest BCUT2D eigenvalue weighted by Gasteiger charge is -2.18. The van der Waals surface area contributed by atoms with Crippen molar-refractivity contribution in [3.63, 3.8) is 0 Å². The van der Waals surface area contributed by atoms with Gasteiger partial charge in [0.15, 0.2) is 11.5 Å². The summed E-state index contributed by atoms with van der Waals surface area (Å²) in [4.78, 5) is 20.9. The van der Waals surface area contributed by atoms with Crippen molar-refractivity contribution in [2.24, 2.45) is 0 Å². The highest BCUT2D eigenvalue weighted by molar-refractivity contribution is 6.30. The zero-order chi connectivity index (χ0) is 25.7. The number of fused-ring (bicyclic) bond motifs is 1. The summed E-state index contributed by atoms with van der Waals surface area (Å²) >= 11 is 5.93. The molecule has 34 heavy (non-hydrogen) atoms. The standard InChI is InChI=1S/C12H10ClN5.C11H16.C2H6O.CH2O/c1-14-10-5-8(13)6-16-12(10)18-7-17-9-3-2-4-15-11(9)18;1-9-5-7-10(8-6-9)11(2,3)4;1-3-2;1-2/h2-7,14H,1H3;5-8H,1-4H3;1-2H3;1H2. The SMILES string of the molecule is C=O.CNc1cc(Cl)cnc1-n1cnc2cccnc21.COC.Cc1ccc(C(C)(C)C)cc1. The van der Waals surface area contributed by atoms with Crippen LogP contribution in [0.2, 0.25) is 5.02 Å². The van der Waals surface area contributed by atoms with Gasteiger partial charge in [0, 0.05) is 33.7 Å². The minimum absolute atomic E-state index is 0.285. The number of benzene rings is 1. The molecule has 1 aromatic carbocycles. The average Bonchev–Trinajstić information content (AvgIpc) is 3.25. The number of anilines is 1. The van der Waals surface area contributed by atoms with E-state index in [1.165, 1.54) is 11.1 Å². The van der Waals surface area contributed by atoms with E-state index >= 15 is 0 Å². The van der Waals surface area contributed by atoms with Gasteiger partial charge in [-0.1, -0.05) is 62.2 Å². The van der Waals surface area contributed by atoms with Crippen molar-refractivity contribution in [2.75, 3.05) is 26.6 Å². The van der Waals surface area contributed by atoms with Crippen LogP contribution in [-0.2, 0) is 14.9 Å². The summed E-state index contributed by atoms with van der Waals surface area (Å²) in [5, 5.41) is 3.65. The molecule has 0 radical (unpaired) electrons. The van der Waals surface area contributed by atoms with Crippen molar-refractivity contribution < 1.29 is 9.53 Å². The molecule has 0 atom stereocenters. The van der Waals surface area contributed by atoms with Crippen molar-refractivity contribution in [2.45, 2.75) is 33.1 Å². The number of halogens is 1. The predicted octanol–water partition coefficient (Wildman–Crippen LogP) is 5.88. The Labute approximate surface area is 207 Å². The van der Waals surface area contributed by atoms with Crippen LogP contribution in [-0.4, -0.2) is 47.6 Å². The number of hydrogen-bond donors (Lipinski definition) is 1. The third-order valence-corrected chi connectivity index (χ3v) is 4.76. The Morgan fingerprint density at radius 3 is 2.21 bits per heavy atom. The molecule has 0 aliphatic rings. The van der Waals surface area contributed by atoms with Crippen LogP contribution >= 0.6 is 11.6 Å². The zero-order valence-corrected chi connectivity index (χ0v) is 21.7. The van der Waals surface area contributed by atoms with Gasteiger partial charge in [0.05, 0.1) is 10.7 Å². The van der Waals surface area contributed by atoms with Crippen LogP contribution in [0.25, 0.3) is 17.0 Å². The molecular weight excluding hydrogens is 450 g/mol. The number of methoxy groups -OCH3 is 1. The summed E-state index contributed by atoms with van der Waals surface area (Å²) in [6, 6.07) is 14.3. The predicted molar refractivity (Wildman–Crippen MR) is 141 cm³/mol. The van der Waals surface area contributed by atoms with Crippen LogP contribution in [0, 0.1) is 6.92 Å². The summed E-state index contributed by atoms with van der Waals surface area (Å²) in [7, 11) is 5.07. The second-order valence-corrected chi connectivity index (χ2v) is 8.70. The maximum Gasteiger partial charge on any atom is 0.165 e. The second-order valence-electron chi connectivity index (χ2n) is 8.26. The number of imidazole rings is 1. The van der Waals surface area contributed by atoms with Gasteiger partial charge < -0.3 is 14.8 Å². The summed E-state index contributed by atoms with van der Waals surface area (Å²) < 4.78 is 6.08. The first-order valence-corrected chi connectivity index (χ1v) is 11.0. The van der Waals surface area contributed by atoms with Crippen LogP contribution < -0.4 is 5.32 Å². The minimum Gasteiger partial charge on any atom is -0.388 e. The van der Waals surface area contributed by atoms with Crippen LogP contribution in [0.5, 0.6) is 0 Å². The van der Waals surface area contributed by atoms with Gasteiger partial charge in [0.1, 0.15) is 18.6 Å². The van der Waals surface area contributed by atoms with Crippen LogP contribution in [0.4, 0.5) is 5.69 Å². The number of rotatable bonds is 2. The molecule has 4 rings (SSSR count). The molecule has 0 aliphatic carbocycles. The summed E-state index contributed by atoms with van der Waals surface area (Å²) in [6.07, 6.45) is 5.04. The Bertz CT molecular complexity index is 1140. The fourth-order valence-corrected chi connectivity index (χ4v) is 3.02. The fraction of sp³-hybridized carbons (Fsp3) is 0.308. The topological polar surface area (TPSA) is 81.9 Å². The maximum atomic E-state index is 8.00. The normalized spacial score (nSPS) is 10.1. The number of ether oxygens (including phenoxy) is 1. The van der Waals surface area contributed by atoms with Gasteiger partial charge in [0.25, 0.3) is 0 Å². The molecule has 4 aromatic rings. The lowest BCUT2D eigenvalue weighted by Crippen LogP contribution is -2.10. The number of carbonyl (C=O) groups is 1. The Kier molecular flexibility index (Phi) is 11.9. The minimum atomic E-state index is 0.285. The Morgan fingerprint density at radius 1 is 1.03 bits per heavy atom. The summed E-state index contributed by atoms with van der Waals surface area (Å²) in [6.45, 7) is 10.8. The number of aryl methyl sites for hydroxylation is 1. The van der Waals surface area contributed by atoms with E-state index in [-0.39, 0.29) is 5.41 Å². The number of nitrogens with one attached hydrogen (secondary N) is 1. The molecule has 0 fully saturated rings. The van der Waals surface area contributed by atoms with Gasteiger partial charge >= 0.3 is 0 Å². The summed E-state index contributed by atoms with van der Waals surface area (Å²) in [5.41, 5.74) is 5.45. The Balaban J connectivity index is 0.000000310. The molecule has 0 saturated carbocycles. The number of hydrogen-bond acceptors (Lipinski definition) is 6. The van der Waals surface area contributed by atoms with Crippen LogP contribution in [0.3, 0.4) is 0 Å². The van der Waals surface area contributed by atoms with Gasteiger partial charge in [0.2, 0.25) is 0 Å².